The summed E-state index contributed by atoms with van der Waals surface area (Å²) in [7, 11) is 0. The SMILES string of the molecule is Nc1c(F)ccc(NC(=O)c2cc(NC(=O)[C@H]3[C@@H](c4cc(F)c(Cl)c(Cl)c4)C3(Cl)Cl)ccc2Cl)c1F. The van der Waals surface area contributed by atoms with Crippen molar-refractivity contribution in [2.45, 2.75) is 10.3 Å². The quantitative estimate of drug-likeness (QED) is 0.163. The monoisotopic (exact) mass is 595 g/mol. The van der Waals surface area contributed by atoms with Crippen molar-refractivity contribution in [1.29, 1.82) is 0 Å². The van der Waals surface area contributed by atoms with Gasteiger partial charge in [-0.15, -0.1) is 23.2 Å². The Bertz CT molecular complexity index is 1400. The average Bonchev–Trinajstić information content (AvgIpc) is 3.40. The number of rotatable bonds is 5. The minimum atomic E-state index is -1.56. The van der Waals surface area contributed by atoms with Crippen LogP contribution in [0.2, 0.25) is 15.1 Å². The summed E-state index contributed by atoms with van der Waals surface area (Å²) in [5, 5.41) is 4.48. The van der Waals surface area contributed by atoms with Crippen LogP contribution in [0.5, 0.6) is 0 Å². The minimum absolute atomic E-state index is 0.0133. The predicted molar refractivity (Wildman–Crippen MR) is 136 cm³/mol. The van der Waals surface area contributed by atoms with Crippen LogP contribution in [-0.4, -0.2) is 16.1 Å². The summed E-state index contributed by atoms with van der Waals surface area (Å²) < 4.78 is 40.0. The van der Waals surface area contributed by atoms with Gasteiger partial charge in [0, 0.05) is 11.6 Å². The fraction of sp³-hybridized carbons (Fsp3) is 0.130. The van der Waals surface area contributed by atoms with Gasteiger partial charge in [-0.1, -0.05) is 34.8 Å². The number of nitrogens with one attached hydrogen (secondary N) is 2. The van der Waals surface area contributed by atoms with Crippen molar-refractivity contribution in [3.05, 3.63) is 86.1 Å². The number of alkyl halides is 2. The number of anilines is 3. The molecule has 0 radical (unpaired) electrons. The van der Waals surface area contributed by atoms with Gasteiger partial charge in [-0.3, -0.25) is 9.59 Å². The highest BCUT2D eigenvalue weighted by Crippen LogP contribution is 2.65. The molecule has 0 aromatic heterocycles. The van der Waals surface area contributed by atoms with Gasteiger partial charge < -0.3 is 16.4 Å². The number of carbonyl (C=O) groups is 2. The van der Waals surface area contributed by atoms with E-state index >= 15 is 0 Å². The molecule has 36 heavy (non-hydrogen) atoms. The van der Waals surface area contributed by atoms with E-state index in [4.69, 9.17) is 63.7 Å². The van der Waals surface area contributed by atoms with Gasteiger partial charge in [-0.05, 0) is 48.0 Å². The lowest BCUT2D eigenvalue weighted by Gasteiger charge is -2.11. The van der Waals surface area contributed by atoms with Crippen LogP contribution < -0.4 is 16.4 Å². The van der Waals surface area contributed by atoms with Crippen LogP contribution >= 0.6 is 58.0 Å². The average molecular weight is 598 g/mol. The summed E-state index contributed by atoms with van der Waals surface area (Å²) in [6.45, 7) is 0. The summed E-state index contributed by atoms with van der Waals surface area (Å²) in [4.78, 5) is 25.6. The number of benzene rings is 3. The van der Waals surface area contributed by atoms with Crippen molar-refractivity contribution in [3.8, 4) is 0 Å². The Labute approximate surface area is 227 Å². The molecule has 0 bridgehead atoms. The van der Waals surface area contributed by atoms with E-state index in [1.54, 1.807) is 0 Å². The smallest absolute Gasteiger partial charge is 0.257 e. The molecule has 1 fully saturated rings. The number of hydrogen-bond donors (Lipinski definition) is 3. The molecule has 2 atom stereocenters. The molecule has 2 amide bonds. The number of carbonyl (C=O) groups excluding carboxylic acids is 2. The molecule has 0 unspecified atom stereocenters. The lowest BCUT2D eigenvalue weighted by molar-refractivity contribution is -0.117. The van der Waals surface area contributed by atoms with Gasteiger partial charge in [0.25, 0.3) is 5.91 Å². The van der Waals surface area contributed by atoms with Crippen molar-refractivity contribution in [2.75, 3.05) is 16.4 Å². The Morgan fingerprint density at radius 2 is 1.58 bits per heavy atom. The van der Waals surface area contributed by atoms with Gasteiger partial charge in [0.1, 0.15) is 21.7 Å². The summed E-state index contributed by atoms with van der Waals surface area (Å²) >= 11 is 30.4. The van der Waals surface area contributed by atoms with Crippen molar-refractivity contribution in [2.24, 2.45) is 5.92 Å². The summed E-state index contributed by atoms with van der Waals surface area (Å²) in [5.74, 6) is -6.16. The van der Waals surface area contributed by atoms with Gasteiger partial charge in [0.05, 0.1) is 32.2 Å². The predicted octanol–water partition coefficient (Wildman–Crippen LogP) is 7.42. The second kappa shape index (κ2) is 9.84. The largest absolute Gasteiger partial charge is 0.394 e. The van der Waals surface area contributed by atoms with E-state index in [1.807, 2.05) is 0 Å². The molecule has 188 valence electrons. The first-order valence-corrected chi connectivity index (χ1v) is 11.9. The molecule has 0 saturated heterocycles. The van der Waals surface area contributed by atoms with Crippen LogP contribution in [0.1, 0.15) is 21.8 Å². The van der Waals surface area contributed by atoms with E-state index < -0.39 is 51.1 Å². The first kappa shape index (κ1) is 26.7. The molecule has 0 heterocycles. The molecule has 1 saturated carbocycles. The zero-order valence-electron chi connectivity index (χ0n) is 17.6. The lowest BCUT2D eigenvalue weighted by atomic mass is 10.1. The standard InChI is InChI=1S/C23H13Cl5F3N3O2/c24-11-2-1-9(7-10(11)21(35)34-15-4-3-13(29)20(32)19(15)31)33-22(36)17-16(23(17,27)28)8-5-12(25)18(26)14(30)6-8/h1-7,16-17H,32H2,(H,33,36)(H,34,35)/t16-,17-/m1/s1. The van der Waals surface area contributed by atoms with Gasteiger partial charge in [-0.25, -0.2) is 13.2 Å². The Kier molecular flexibility index (Phi) is 7.29. The highest BCUT2D eigenvalue weighted by atomic mass is 35.5. The van der Waals surface area contributed by atoms with Crippen LogP contribution in [0, 0.1) is 23.4 Å². The first-order chi connectivity index (χ1) is 16.8. The van der Waals surface area contributed by atoms with Crippen molar-refractivity contribution in [3.63, 3.8) is 0 Å². The lowest BCUT2D eigenvalue weighted by Crippen LogP contribution is -2.18. The number of nitrogens with two attached hydrogens (primary N) is 1. The number of nitrogen functional groups attached to an aromatic ring is 1. The second-order valence-electron chi connectivity index (χ2n) is 7.89. The van der Waals surface area contributed by atoms with Crippen molar-refractivity contribution < 1.29 is 22.8 Å². The molecular formula is C23H13Cl5F3N3O2. The van der Waals surface area contributed by atoms with Crippen LogP contribution in [0.25, 0.3) is 0 Å². The molecule has 13 heteroatoms. The third kappa shape index (κ3) is 4.93. The zero-order chi connectivity index (χ0) is 26.5. The summed E-state index contributed by atoms with van der Waals surface area (Å²) in [5.41, 5.74) is 4.48. The highest BCUT2D eigenvalue weighted by molar-refractivity contribution is 6.53. The Hall–Kier alpha value is -2.36. The molecule has 4 N–H and O–H groups in total. The number of amides is 2. The molecule has 0 aliphatic heterocycles. The zero-order valence-corrected chi connectivity index (χ0v) is 21.4. The fourth-order valence-corrected chi connectivity index (χ4v) is 5.03. The molecular weight excluding hydrogens is 585 g/mol. The van der Waals surface area contributed by atoms with Gasteiger partial charge in [0.2, 0.25) is 5.91 Å². The maximum atomic E-state index is 14.2. The minimum Gasteiger partial charge on any atom is -0.394 e. The topological polar surface area (TPSA) is 84.2 Å². The van der Waals surface area contributed by atoms with E-state index in [0.717, 1.165) is 18.2 Å². The molecule has 1 aliphatic carbocycles. The van der Waals surface area contributed by atoms with Crippen molar-refractivity contribution >= 4 is 86.9 Å². The molecule has 3 aromatic carbocycles. The Morgan fingerprint density at radius 3 is 2.25 bits per heavy atom. The molecule has 4 rings (SSSR count). The first-order valence-electron chi connectivity index (χ1n) is 10.0. The summed E-state index contributed by atoms with van der Waals surface area (Å²) in [6.07, 6.45) is 0. The van der Waals surface area contributed by atoms with Gasteiger partial charge in [-0.2, -0.15) is 0 Å². The fourth-order valence-electron chi connectivity index (χ4n) is 3.67. The molecule has 0 spiro atoms. The van der Waals surface area contributed by atoms with Crippen molar-refractivity contribution in [1.82, 2.24) is 0 Å². The summed E-state index contributed by atoms with van der Waals surface area (Å²) in [6, 6.07) is 8.33. The maximum Gasteiger partial charge on any atom is 0.257 e. The van der Waals surface area contributed by atoms with E-state index in [0.29, 0.717) is 0 Å². The van der Waals surface area contributed by atoms with E-state index in [1.165, 1.54) is 24.3 Å². The van der Waals surface area contributed by atoms with Crippen LogP contribution in [0.15, 0.2) is 42.5 Å². The highest BCUT2D eigenvalue weighted by Gasteiger charge is 2.67. The number of halogens is 8. The van der Waals surface area contributed by atoms with E-state index in [9.17, 15) is 22.8 Å². The Morgan fingerprint density at radius 1 is 0.889 bits per heavy atom. The van der Waals surface area contributed by atoms with Gasteiger partial charge >= 0.3 is 0 Å². The Balaban J connectivity index is 1.53. The molecule has 5 nitrogen and oxygen atoms in total. The maximum absolute atomic E-state index is 14.2. The third-order valence-corrected chi connectivity index (χ3v) is 7.60. The number of hydrogen-bond acceptors (Lipinski definition) is 3. The molecule has 1 aliphatic rings. The van der Waals surface area contributed by atoms with Gasteiger partial charge in [0.15, 0.2) is 5.82 Å². The third-order valence-electron chi connectivity index (χ3n) is 5.55. The van der Waals surface area contributed by atoms with E-state index in [2.05, 4.69) is 10.6 Å². The van der Waals surface area contributed by atoms with Crippen LogP contribution in [0.4, 0.5) is 30.2 Å². The second-order valence-corrected chi connectivity index (χ2v) is 10.5. The van der Waals surface area contributed by atoms with Crippen LogP contribution in [0.3, 0.4) is 0 Å². The normalized spacial score (nSPS) is 18.0. The molecule has 3 aromatic rings. The van der Waals surface area contributed by atoms with Crippen LogP contribution in [-0.2, 0) is 4.79 Å². The van der Waals surface area contributed by atoms with E-state index in [-0.39, 0.29) is 37.6 Å².